The lowest BCUT2D eigenvalue weighted by molar-refractivity contribution is -0.118. The quantitative estimate of drug-likeness (QED) is 0.287. The molecule has 1 amide bonds. The lowest BCUT2D eigenvalue weighted by Crippen LogP contribution is -2.42. The van der Waals surface area contributed by atoms with Gasteiger partial charge in [0.1, 0.15) is 12.4 Å². The van der Waals surface area contributed by atoms with Crippen molar-refractivity contribution in [3.8, 4) is 16.9 Å². The van der Waals surface area contributed by atoms with Crippen molar-refractivity contribution in [2.24, 2.45) is 0 Å². The van der Waals surface area contributed by atoms with Gasteiger partial charge >= 0.3 is 0 Å². The summed E-state index contributed by atoms with van der Waals surface area (Å²) in [6, 6.07) is 25.2. The largest absolute Gasteiger partial charge is 0.492 e. The van der Waals surface area contributed by atoms with E-state index in [1.807, 2.05) is 99.9 Å². The molecule has 0 aliphatic heterocycles. The highest BCUT2D eigenvalue weighted by Gasteiger charge is 2.20. The molecule has 4 aromatic rings. The van der Waals surface area contributed by atoms with Gasteiger partial charge in [0.15, 0.2) is 0 Å². The number of rotatable bonds is 12. The molecule has 7 nitrogen and oxygen atoms in total. The summed E-state index contributed by atoms with van der Waals surface area (Å²) in [5.41, 5.74) is 5.53. The molecule has 38 heavy (non-hydrogen) atoms. The van der Waals surface area contributed by atoms with Gasteiger partial charge < -0.3 is 15.0 Å². The molecular weight excluding hydrogens is 474 g/mol. The lowest BCUT2D eigenvalue weighted by atomic mass is 10.0. The molecule has 1 atom stereocenters. The second-order valence-electron chi connectivity index (χ2n) is 9.52. The average Bonchev–Trinajstić information content (AvgIpc) is 2.92. The van der Waals surface area contributed by atoms with Gasteiger partial charge in [0.05, 0.1) is 11.7 Å². The number of carbonyl (C=O) groups excluding carboxylic acids is 1. The van der Waals surface area contributed by atoms with E-state index < -0.39 is 6.04 Å². The highest BCUT2D eigenvalue weighted by atomic mass is 16.5. The molecule has 0 spiro atoms. The van der Waals surface area contributed by atoms with Gasteiger partial charge in [0, 0.05) is 42.9 Å². The highest BCUT2D eigenvalue weighted by Crippen LogP contribution is 2.29. The van der Waals surface area contributed by atoms with E-state index in [9.17, 15) is 4.79 Å². The zero-order valence-corrected chi connectivity index (χ0v) is 22.2. The first kappa shape index (κ1) is 27.0. The summed E-state index contributed by atoms with van der Waals surface area (Å²) in [4.78, 5) is 24.4. The van der Waals surface area contributed by atoms with Crippen LogP contribution in [0.2, 0.25) is 0 Å². The van der Waals surface area contributed by atoms with Crippen molar-refractivity contribution < 1.29 is 9.53 Å². The first-order valence-corrected chi connectivity index (χ1v) is 12.8. The molecular formula is C31H35N5O2. The lowest BCUT2D eigenvalue weighted by Gasteiger charge is -2.20. The second-order valence-corrected chi connectivity index (χ2v) is 9.52. The molecule has 2 aromatic carbocycles. The number of aromatic nitrogens is 2. The van der Waals surface area contributed by atoms with Crippen LogP contribution in [0, 0.1) is 6.92 Å². The molecule has 0 saturated heterocycles. The first-order chi connectivity index (χ1) is 18.5. The van der Waals surface area contributed by atoms with Gasteiger partial charge in [-0.2, -0.15) is 0 Å². The van der Waals surface area contributed by atoms with Crippen LogP contribution in [0.5, 0.6) is 5.75 Å². The summed E-state index contributed by atoms with van der Waals surface area (Å²) in [6.07, 6.45) is 4.10. The predicted molar refractivity (Wildman–Crippen MR) is 152 cm³/mol. The number of pyridine rings is 2. The minimum absolute atomic E-state index is 0.118. The minimum Gasteiger partial charge on any atom is -0.492 e. The van der Waals surface area contributed by atoms with E-state index in [2.05, 4.69) is 25.5 Å². The molecule has 7 heteroatoms. The topological polar surface area (TPSA) is 79.4 Å². The van der Waals surface area contributed by atoms with E-state index in [0.29, 0.717) is 31.0 Å². The highest BCUT2D eigenvalue weighted by molar-refractivity contribution is 5.96. The SMILES string of the molecule is Cc1cc(-c2cc(NC(=O)[C@H](Cc3ccccc3)NCc3ccccn3)cc(OCCN(C)C)c2)ccn1. The Bertz CT molecular complexity index is 1310. The maximum Gasteiger partial charge on any atom is 0.241 e. The van der Waals surface area contributed by atoms with Crippen molar-refractivity contribution in [2.75, 3.05) is 32.6 Å². The zero-order chi connectivity index (χ0) is 26.7. The Hall–Kier alpha value is -4.07. The van der Waals surface area contributed by atoms with E-state index in [1.54, 1.807) is 12.4 Å². The van der Waals surface area contributed by atoms with Gasteiger partial charge in [-0.1, -0.05) is 36.4 Å². The zero-order valence-electron chi connectivity index (χ0n) is 22.2. The second kappa shape index (κ2) is 13.5. The molecule has 0 bridgehead atoms. The van der Waals surface area contributed by atoms with Crippen LogP contribution >= 0.6 is 0 Å². The van der Waals surface area contributed by atoms with Gasteiger partial charge in [-0.25, -0.2) is 0 Å². The molecule has 0 saturated carbocycles. The Balaban J connectivity index is 1.57. The number of amides is 1. The number of likely N-dealkylation sites (N-methyl/N-ethyl adjacent to an activating group) is 1. The summed E-state index contributed by atoms with van der Waals surface area (Å²) in [6.45, 7) is 3.78. The van der Waals surface area contributed by atoms with Gasteiger partial charge in [-0.15, -0.1) is 0 Å². The van der Waals surface area contributed by atoms with Crippen molar-refractivity contribution >= 4 is 11.6 Å². The maximum atomic E-state index is 13.6. The Labute approximate surface area is 224 Å². The number of hydrogen-bond donors (Lipinski definition) is 2. The normalized spacial score (nSPS) is 11.8. The third-order valence-corrected chi connectivity index (χ3v) is 6.07. The molecule has 196 valence electrons. The molecule has 2 heterocycles. The average molecular weight is 510 g/mol. The van der Waals surface area contributed by atoms with Crippen molar-refractivity contribution in [3.05, 3.63) is 108 Å². The van der Waals surface area contributed by atoms with Gasteiger partial charge in [-0.3, -0.25) is 20.1 Å². The van der Waals surface area contributed by atoms with Crippen LogP contribution in [0.3, 0.4) is 0 Å². The number of carbonyl (C=O) groups is 1. The minimum atomic E-state index is -0.454. The molecule has 0 unspecified atom stereocenters. The van der Waals surface area contributed by atoms with Crippen LogP contribution in [0.15, 0.2) is 91.3 Å². The Morgan fingerprint density at radius 2 is 1.74 bits per heavy atom. The number of aryl methyl sites for hydroxylation is 1. The smallest absolute Gasteiger partial charge is 0.241 e. The van der Waals surface area contributed by atoms with E-state index in [1.165, 1.54) is 0 Å². The number of nitrogens with zero attached hydrogens (tertiary/aromatic N) is 3. The summed E-state index contributed by atoms with van der Waals surface area (Å²) in [7, 11) is 4.02. The Morgan fingerprint density at radius 3 is 2.47 bits per heavy atom. The summed E-state index contributed by atoms with van der Waals surface area (Å²) in [5.74, 6) is 0.585. The van der Waals surface area contributed by atoms with Crippen molar-refractivity contribution in [3.63, 3.8) is 0 Å². The van der Waals surface area contributed by atoms with Gasteiger partial charge in [0.2, 0.25) is 5.91 Å². The van der Waals surface area contributed by atoms with Gasteiger partial charge in [0.25, 0.3) is 0 Å². The van der Waals surface area contributed by atoms with E-state index in [0.717, 1.165) is 34.6 Å². The van der Waals surface area contributed by atoms with E-state index in [-0.39, 0.29) is 5.91 Å². The number of nitrogens with one attached hydrogen (secondary N) is 2. The third-order valence-electron chi connectivity index (χ3n) is 6.07. The Morgan fingerprint density at radius 1 is 0.921 bits per heavy atom. The fourth-order valence-corrected chi connectivity index (χ4v) is 4.06. The van der Waals surface area contributed by atoms with Crippen LogP contribution in [-0.4, -0.2) is 54.1 Å². The molecule has 0 radical (unpaired) electrons. The number of benzene rings is 2. The van der Waals surface area contributed by atoms with E-state index in [4.69, 9.17) is 4.74 Å². The van der Waals surface area contributed by atoms with E-state index >= 15 is 0 Å². The van der Waals surface area contributed by atoms with Gasteiger partial charge in [-0.05, 0) is 80.5 Å². The summed E-state index contributed by atoms with van der Waals surface area (Å²) >= 11 is 0. The molecule has 4 rings (SSSR count). The predicted octanol–water partition coefficient (Wildman–Crippen LogP) is 4.73. The maximum absolute atomic E-state index is 13.6. The molecule has 0 aliphatic rings. The van der Waals surface area contributed by atoms with Crippen molar-refractivity contribution in [2.45, 2.75) is 25.9 Å². The van der Waals surface area contributed by atoms with Crippen molar-refractivity contribution in [1.82, 2.24) is 20.2 Å². The molecule has 0 aliphatic carbocycles. The molecule has 2 N–H and O–H groups in total. The fraction of sp³-hybridized carbons (Fsp3) is 0.258. The Kier molecular flexibility index (Phi) is 9.56. The number of anilines is 1. The first-order valence-electron chi connectivity index (χ1n) is 12.8. The van der Waals surface area contributed by atoms with Crippen LogP contribution in [-0.2, 0) is 17.8 Å². The number of hydrogen-bond acceptors (Lipinski definition) is 6. The third kappa shape index (κ3) is 8.23. The fourth-order valence-electron chi connectivity index (χ4n) is 4.06. The summed E-state index contributed by atoms with van der Waals surface area (Å²) < 4.78 is 6.06. The van der Waals surface area contributed by atoms with Crippen LogP contribution in [0.1, 0.15) is 17.0 Å². The molecule has 2 aromatic heterocycles. The number of ether oxygens (including phenoxy) is 1. The van der Waals surface area contributed by atoms with Crippen molar-refractivity contribution in [1.29, 1.82) is 0 Å². The van der Waals surface area contributed by atoms with Crippen LogP contribution in [0.4, 0.5) is 5.69 Å². The molecule has 0 fully saturated rings. The monoisotopic (exact) mass is 509 g/mol. The van der Waals surface area contributed by atoms with Crippen LogP contribution < -0.4 is 15.4 Å². The standard InChI is InChI=1S/C31H35N5O2/c1-23-17-25(12-14-32-23)26-19-28(21-29(20-26)38-16-15-36(2)3)35-31(37)30(18-24-9-5-4-6-10-24)34-22-27-11-7-8-13-33-27/h4-14,17,19-21,30,34H,15-16,18,22H2,1-3H3,(H,35,37)/t30-/m0/s1. The van der Waals surface area contributed by atoms with Crippen LogP contribution in [0.25, 0.3) is 11.1 Å². The summed E-state index contributed by atoms with van der Waals surface area (Å²) in [5, 5.41) is 6.54.